The minimum Gasteiger partial charge on any atom is -0.489 e. The van der Waals surface area contributed by atoms with Gasteiger partial charge in [0.05, 0.1) is 19.6 Å². The molecule has 1 fully saturated rings. The first-order chi connectivity index (χ1) is 15.1. The maximum Gasteiger partial charge on any atom is 0.241 e. The molecule has 0 aliphatic carbocycles. The Balaban J connectivity index is 1.60. The molecule has 162 valence electrons. The van der Waals surface area contributed by atoms with Crippen molar-refractivity contribution in [1.82, 2.24) is 10.2 Å². The molecule has 0 bridgehead atoms. The van der Waals surface area contributed by atoms with E-state index in [0.29, 0.717) is 49.2 Å². The van der Waals surface area contributed by atoms with E-state index in [1.54, 1.807) is 23.1 Å². The standard InChI is InChI=1S/C23H25N3O5/c1-2-11-29-19-6-4-3-5-17(19)13-26(18-7-8-20-21(12-18)31-16-30-20)23(28)15-25-10-9-24-22(27)14-25/h2-8,12H,1,9-11,13-16H2,(H,24,27). The van der Waals surface area contributed by atoms with Gasteiger partial charge in [0, 0.05) is 30.4 Å². The van der Waals surface area contributed by atoms with Gasteiger partial charge in [0.2, 0.25) is 18.6 Å². The fourth-order valence-electron chi connectivity index (χ4n) is 3.57. The van der Waals surface area contributed by atoms with E-state index >= 15 is 0 Å². The number of rotatable bonds is 8. The predicted octanol–water partition coefficient (Wildman–Crippen LogP) is 1.95. The number of fused-ring (bicyclic) bond motifs is 1. The summed E-state index contributed by atoms with van der Waals surface area (Å²) >= 11 is 0. The third-order valence-corrected chi connectivity index (χ3v) is 5.10. The van der Waals surface area contributed by atoms with Crippen LogP contribution in [0.2, 0.25) is 0 Å². The van der Waals surface area contributed by atoms with Crippen molar-refractivity contribution < 1.29 is 23.8 Å². The Labute approximate surface area is 181 Å². The van der Waals surface area contributed by atoms with Gasteiger partial charge < -0.3 is 24.4 Å². The molecular weight excluding hydrogens is 398 g/mol. The molecule has 2 aliphatic heterocycles. The second-order valence-corrected chi connectivity index (χ2v) is 7.29. The van der Waals surface area contributed by atoms with Gasteiger partial charge in [-0.3, -0.25) is 14.5 Å². The van der Waals surface area contributed by atoms with E-state index in [1.165, 1.54) is 0 Å². The van der Waals surface area contributed by atoms with Crippen molar-refractivity contribution in [3.63, 3.8) is 0 Å². The van der Waals surface area contributed by atoms with Gasteiger partial charge >= 0.3 is 0 Å². The molecule has 0 aromatic heterocycles. The van der Waals surface area contributed by atoms with Crippen LogP contribution >= 0.6 is 0 Å². The highest BCUT2D eigenvalue weighted by atomic mass is 16.7. The van der Waals surface area contributed by atoms with E-state index in [-0.39, 0.29) is 31.7 Å². The van der Waals surface area contributed by atoms with E-state index < -0.39 is 0 Å². The van der Waals surface area contributed by atoms with Gasteiger partial charge in [-0.1, -0.05) is 30.9 Å². The van der Waals surface area contributed by atoms with Gasteiger partial charge in [-0.15, -0.1) is 0 Å². The van der Waals surface area contributed by atoms with Crippen molar-refractivity contribution in [3.05, 3.63) is 60.7 Å². The molecule has 1 saturated heterocycles. The molecule has 2 aliphatic rings. The van der Waals surface area contributed by atoms with Crippen LogP contribution in [0.1, 0.15) is 5.56 Å². The first kappa shape index (κ1) is 20.7. The van der Waals surface area contributed by atoms with Gasteiger partial charge in [0.15, 0.2) is 11.5 Å². The molecule has 2 aromatic carbocycles. The summed E-state index contributed by atoms with van der Waals surface area (Å²) in [7, 11) is 0. The summed E-state index contributed by atoms with van der Waals surface area (Å²) in [5, 5.41) is 2.78. The van der Waals surface area contributed by atoms with Crippen LogP contribution in [0.5, 0.6) is 17.2 Å². The molecule has 31 heavy (non-hydrogen) atoms. The van der Waals surface area contributed by atoms with E-state index in [1.807, 2.05) is 35.2 Å². The van der Waals surface area contributed by atoms with Crippen molar-refractivity contribution >= 4 is 17.5 Å². The number of benzene rings is 2. The van der Waals surface area contributed by atoms with Crippen molar-refractivity contribution in [1.29, 1.82) is 0 Å². The van der Waals surface area contributed by atoms with Crippen LogP contribution in [0.25, 0.3) is 0 Å². The number of piperazine rings is 1. The maximum atomic E-state index is 13.4. The molecule has 0 atom stereocenters. The fraction of sp³-hybridized carbons (Fsp3) is 0.304. The zero-order valence-electron chi connectivity index (χ0n) is 17.2. The summed E-state index contributed by atoms with van der Waals surface area (Å²) < 4.78 is 16.7. The van der Waals surface area contributed by atoms with Gasteiger partial charge in [-0.2, -0.15) is 0 Å². The Bertz CT molecular complexity index is 977. The van der Waals surface area contributed by atoms with Gasteiger partial charge in [-0.05, 0) is 18.2 Å². The van der Waals surface area contributed by atoms with E-state index in [4.69, 9.17) is 14.2 Å². The molecule has 8 nitrogen and oxygen atoms in total. The Morgan fingerprint density at radius 3 is 2.90 bits per heavy atom. The Morgan fingerprint density at radius 2 is 2.06 bits per heavy atom. The van der Waals surface area contributed by atoms with Crippen molar-refractivity contribution in [2.45, 2.75) is 6.54 Å². The lowest BCUT2D eigenvalue weighted by atomic mass is 10.1. The van der Waals surface area contributed by atoms with Crippen molar-refractivity contribution in [2.75, 3.05) is 44.5 Å². The van der Waals surface area contributed by atoms with Crippen LogP contribution in [0.3, 0.4) is 0 Å². The zero-order chi connectivity index (χ0) is 21.6. The van der Waals surface area contributed by atoms with Crippen LogP contribution in [-0.4, -0.2) is 56.3 Å². The van der Waals surface area contributed by atoms with E-state index in [9.17, 15) is 9.59 Å². The van der Waals surface area contributed by atoms with Crippen LogP contribution < -0.4 is 24.4 Å². The van der Waals surface area contributed by atoms with Crippen LogP contribution in [0.4, 0.5) is 5.69 Å². The normalized spacial score (nSPS) is 15.3. The van der Waals surface area contributed by atoms with Gasteiger partial charge in [0.1, 0.15) is 12.4 Å². The molecule has 1 N–H and O–H groups in total. The zero-order valence-corrected chi connectivity index (χ0v) is 17.2. The molecule has 0 unspecified atom stereocenters. The molecule has 8 heteroatoms. The fourth-order valence-corrected chi connectivity index (χ4v) is 3.57. The summed E-state index contributed by atoms with van der Waals surface area (Å²) in [6.45, 7) is 6.05. The second kappa shape index (κ2) is 9.53. The van der Waals surface area contributed by atoms with Crippen molar-refractivity contribution in [3.8, 4) is 17.2 Å². The maximum absolute atomic E-state index is 13.4. The molecular formula is C23H25N3O5. The number of anilines is 1. The molecule has 2 amide bonds. The van der Waals surface area contributed by atoms with Crippen LogP contribution in [-0.2, 0) is 16.1 Å². The summed E-state index contributed by atoms with van der Waals surface area (Å²) in [6, 6.07) is 13.0. The molecule has 0 spiro atoms. The molecule has 0 radical (unpaired) electrons. The summed E-state index contributed by atoms with van der Waals surface area (Å²) in [5.41, 5.74) is 1.56. The number of hydrogen-bond donors (Lipinski definition) is 1. The lowest BCUT2D eigenvalue weighted by Crippen LogP contribution is -2.51. The monoisotopic (exact) mass is 423 g/mol. The first-order valence-corrected chi connectivity index (χ1v) is 10.1. The van der Waals surface area contributed by atoms with Crippen LogP contribution in [0.15, 0.2) is 55.1 Å². The Kier molecular flexibility index (Phi) is 6.37. The van der Waals surface area contributed by atoms with E-state index in [0.717, 1.165) is 5.56 Å². The highest BCUT2D eigenvalue weighted by Crippen LogP contribution is 2.36. The molecule has 2 heterocycles. The highest BCUT2D eigenvalue weighted by Gasteiger charge is 2.25. The number of ether oxygens (including phenoxy) is 3. The number of para-hydroxylation sites is 1. The Morgan fingerprint density at radius 1 is 1.23 bits per heavy atom. The quantitative estimate of drug-likeness (QED) is 0.654. The highest BCUT2D eigenvalue weighted by molar-refractivity contribution is 5.95. The average Bonchev–Trinajstić information content (AvgIpc) is 3.24. The Hall–Kier alpha value is -3.52. The van der Waals surface area contributed by atoms with Gasteiger partial charge in [0.25, 0.3) is 0 Å². The molecule has 4 rings (SSSR count). The predicted molar refractivity (Wildman–Crippen MR) is 115 cm³/mol. The smallest absolute Gasteiger partial charge is 0.241 e. The third-order valence-electron chi connectivity index (χ3n) is 5.10. The number of hydrogen-bond acceptors (Lipinski definition) is 6. The lowest BCUT2D eigenvalue weighted by Gasteiger charge is -2.30. The average molecular weight is 423 g/mol. The van der Waals surface area contributed by atoms with E-state index in [2.05, 4.69) is 11.9 Å². The first-order valence-electron chi connectivity index (χ1n) is 10.1. The number of amides is 2. The van der Waals surface area contributed by atoms with Gasteiger partial charge in [-0.25, -0.2) is 0 Å². The minimum absolute atomic E-state index is 0.0724. The summed E-state index contributed by atoms with van der Waals surface area (Å²) in [5.74, 6) is 1.75. The lowest BCUT2D eigenvalue weighted by molar-refractivity contribution is -0.126. The molecule has 2 aromatic rings. The number of nitrogens with one attached hydrogen (secondary N) is 1. The number of carbonyl (C=O) groups excluding carboxylic acids is 2. The SMILES string of the molecule is C=CCOc1ccccc1CN(C(=O)CN1CCNC(=O)C1)c1ccc2c(c1)OCO2. The molecule has 0 saturated carbocycles. The van der Waals surface area contributed by atoms with Crippen LogP contribution in [0, 0.1) is 0 Å². The minimum atomic E-state index is -0.118. The van der Waals surface area contributed by atoms with Crippen molar-refractivity contribution in [2.24, 2.45) is 0 Å². The topological polar surface area (TPSA) is 80.3 Å². The summed E-state index contributed by atoms with van der Waals surface area (Å²) in [6.07, 6.45) is 1.68. The second-order valence-electron chi connectivity index (χ2n) is 7.29. The number of carbonyl (C=O) groups is 2. The number of nitrogens with zero attached hydrogens (tertiary/aromatic N) is 2. The summed E-state index contributed by atoms with van der Waals surface area (Å²) in [4.78, 5) is 28.6. The largest absolute Gasteiger partial charge is 0.489 e. The third kappa shape index (κ3) is 4.97.